The fourth-order valence-corrected chi connectivity index (χ4v) is 1.47. The summed E-state index contributed by atoms with van der Waals surface area (Å²) >= 11 is 0. The van der Waals surface area contributed by atoms with Crippen molar-refractivity contribution in [2.24, 2.45) is 5.73 Å². The second-order valence-corrected chi connectivity index (χ2v) is 4.01. The summed E-state index contributed by atoms with van der Waals surface area (Å²) in [5, 5.41) is 8.49. The minimum atomic E-state index is -0.379. The first-order valence-corrected chi connectivity index (χ1v) is 5.93. The van der Waals surface area contributed by atoms with Gasteiger partial charge in [-0.2, -0.15) is 0 Å². The van der Waals surface area contributed by atoms with E-state index in [1.807, 2.05) is 25.1 Å². The quantitative estimate of drug-likeness (QED) is 0.850. The van der Waals surface area contributed by atoms with Crippen LogP contribution in [0.1, 0.15) is 15.9 Å². The van der Waals surface area contributed by atoms with E-state index < -0.39 is 0 Å². The summed E-state index contributed by atoms with van der Waals surface area (Å²) in [5.41, 5.74) is 7.06. The van der Waals surface area contributed by atoms with E-state index in [-0.39, 0.29) is 5.91 Å². The molecule has 0 aliphatic heterocycles. The number of hydrogen-bond acceptors (Lipinski definition) is 3. The molecule has 1 amide bonds. The molecule has 0 atom stereocenters. The van der Waals surface area contributed by atoms with E-state index in [9.17, 15) is 4.79 Å². The zero-order chi connectivity index (χ0) is 15.0. The highest BCUT2D eigenvalue weighted by Crippen LogP contribution is 2.27. The van der Waals surface area contributed by atoms with Crippen LogP contribution in [-0.4, -0.2) is 13.0 Å². The monoisotopic (exact) mass is 270 g/mol. The lowest BCUT2D eigenvalue weighted by atomic mass is 10.2. The largest absolute Gasteiger partial charge is 0.489 e. The molecule has 102 valence electrons. The molecule has 0 saturated carbocycles. The van der Waals surface area contributed by atoms with Crippen molar-refractivity contribution >= 4 is 11.6 Å². The Balaban J connectivity index is 0.000000204. The third kappa shape index (κ3) is 4.42. The van der Waals surface area contributed by atoms with E-state index in [2.05, 4.69) is 4.98 Å². The molecule has 0 heterocycles. The highest BCUT2D eigenvalue weighted by Gasteiger charge is 2.12. The standard InChI is InChI=1S/C8H9N2O.C7H7NO/c1-6-3-4-7(10-9)8(5-6)11-2;8-7(9)6-4-2-1-3-5-6/h3-5H,1-2H3;1-5H,(H2,8,9)/q+1;. The fraction of sp³-hybridized carbons (Fsp3) is 0.133. The number of nitrogens with two attached hydrogens (primary N) is 1. The zero-order valence-electron chi connectivity index (χ0n) is 11.4. The summed E-state index contributed by atoms with van der Waals surface area (Å²) in [4.78, 5) is 13.5. The molecule has 0 aromatic heterocycles. The first-order valence-electron chi connectivity index (χ1n) is 5.93. The Hall–Kier alpha value is -2.87. The van der Waals surface area contributed by atoms with Crippen molar-refractivity contribution in [3.05, 3.63) is 64.6 Å². The number of methoxy groups -OCH3 is 1. The van der Waals surface area contributed by atoms with E-state index >= 15 is 0 Å². The van der Waals surface area contributed by atoms with Crippen LogP contribution in [0.3, 0.4) is 0 Å². The van der Waals surface area contributed by atoms with Crippen LogP contribution in [0.25, 0.3) is 4.98 Å². The fourth-order valence-electron chi connectivity index (χ4n) is 1.47. The van der Waals surface area contributed by atoms with Gasteiger partial charge in [-0.25, -0.2) is 0 Å². The minimum absolute atomic E-state index is 0.379. The molecule has 2 aromatic carbocycles. The van der Waals surface area contributed by atoms with Crippen molar-refractivity contribution in [2.45, 2.75) is 6.92 Å². The Morgan fingerprint density at radius 1 is 1.20 bits per heavy atom. The highest BCUT2D eigenvalue weighted by atomic mass is 16.5. The number of carbonyl (C=O) groups is 1. The van der Waals surface area contributed by atoms with Crippen molar-refractivity contribution in [1.29, 1.82) is 5.39 Å². The van der Waals surface area contributed by atoms with Crippen LogP contribution < -0.4 is 10.5 Å². The molecule has 0 radical (unpaired) electrons. The molecule has 0 aliphatic rings. The van der Waals surface area contributed by atoms with Gasteiger partial charge in [0, 0.05) is 11.6 Å². The number of carbonyl (C=O) groups excluding carboxylic acids is 1. The van der Waals surface area contributed by atoms with Gasteiger partial charge in [0.15, 0.2) is 4.98 Å². The van der Waals surface area contributed by atoms with E-state index in [1.54, 1.807) is 37.4 Å². The van der Waals surface area contributed by atoms with Gasteiger partial charge in [-0.15, -0.1) is 0 Å². The summed E-state index contributed by atoms with van der Waals surface area (Å²) < 4.78 is 4.96. The molecule has 0 bridgehead atoms. The first-order chi connectivity index (χ1) is 9.58. The molecule has 2 rings (SSSR count). The summed E-state index contributed by atoms with van der Waals surface area (Å²) in [6.45, 7) is 1.95. The number of rotatable bonds is 2. The Bertz CT molecular complexity index is 619. The summed E-state index contributed by atoms with van der Waals surface area (Å²) in [6.07, 6.45) is 0. The maximum absolute atomic E-state index is 10.4. The lowest BCUT2D eigenvalue weighted by Gasteiger charge is -1.95. The molecule has 0 spiro atoms. The summed E-state index contributed by atoms with van der Waals surface area (Å²) in [6, 6.07) is 14.1. The Labute approximate surface area is 117 Å². The van der Waals surface area contributed by atoms with E-state index in [0.717, 1.165) is 5.56 Å². The number of amides is 1. The van der Waals surface area contributed by atoms with Crippen molar-refractivity contribution < 1.29 is 9.53 Å². The molecule has 0 unspecified atom stereocenters. The maximum atomic E-state index is 10.4. The SMILES string of the molecule is COc1cc(C)ccc1[N+]#N.NC(=O)c1ccccc1. The second-order valence-electron chi connectivity index (χ2n) is 4.01. The van der Waals surface area contributed by atoms with Crippen LogP contribution in [-0.2, 0) is 0 Å². The van der Waals surface area contributed by atoms with Gasteiger partial charge in [0.05, 0.1) is 7.11 Å². The van der Waals surface area contributed by atoms with Gasteiger partial charge in [0.2, 0.25) is 17.0 Å². The van der Waals surface area contributed by atoms with Gasteiger partial charge in [0.25, 0.3) is 0 Å². The second kappa shape index (κ2) is 7.54. The number of hydrogen-bond donors (Lipinski definition) is 1. The lowest BCUT2D eigenvalue weighted by molar-refractivity contribution is 0.100. The Kier molecular flexibility index (Phi) is 5.73. The zero-order valence-corrected chi connectivity index (χ0v) is 11.4. The highest BCUT2D eigenvalue weighted by molar-refractivity contribution is 5.92. The van der Waals surface area contributed by atoms with Crippen LogP contribution in [0.5, 0.6) is 5.75 Å². The molecular formula is C15H16N3O2+. The molecule has 0 fully saturated rings. The molecular weight excluding hydrogens is 254 g/mol. The van der Waals surface area contributed by atoms with E-state index in [4.69, 9.17) is 15.9 Å². The van der Waals surface area contributed by atoms with Crippen molar-refractivity contribution in [3.63, 3.8) is 0 Å². The van der Waals surface area contributed by atoms with Gasteiger partial charge >= 0.3 is 5.69 Å². The number of diazo groups is 1. The van der Waals surface area contributed by atoms with E-state index in [1.165, 1.54) is 0 Å². The average molecular weight is 270 g/mol. The van der Waals surface area contributed by atoms with Gasteiger partial charge in [-0.3, -0.25) is 4.79 Å². The number of aryl methyl sites for hydroxylation is 1. The lowest BCUT2D eigenvalue weighted by Crippen LogP contribution is -2.09. The van der Waals surface area contributed by atoms with Crippen LogP contribution in [0.2, 0.25) is 0 Å². The smallest absolute Gasteiger partial charge is 0.426 e. The topological polar surface area (TPSA) is 80.5 Å². The Morgan fingerprint density at radius 3 is 2.30 bits per heavy atom. The van der Waals surface area contributed by atoms with Gasteiger partial charge < -0.3 is 10.5 Å². The predicted octanol–water partition coefficient (Wildman–Crippen LogP) is 3.27. The number of primary amides is 1. The number of ether oxygens (including phenoxy) is 1. The molecule has 2 aromatic rings. The van der Waals surface area contributed by atoms with Crippen molar-refractivity contribution in [1.82, 2.24) is 0 Å². The molecule has 5 nitrogen and oxygen atoms in total. The molecule has 0 aliphatic carbocycles. The average Bonchev–Trinajstić information content (AvgIpc) is 2.48. The summed E-state index contributed by atoms with van der Waals surface area (Å²) in [5.74, 6) is 0.211. The van der Waals surface area contributed by atoms with Gasteiger partial charge in [0.1, 0.15) is 0 Å². The maximum Gasteiger partial charge on any atom is 0.426 e. The molecule has 5 heteroatoms. The van der Waals surface area contributed by atoms with Gasteiger partial charge in [-0.05, 0) is 30.7 Å². The van der Waals surface area contributed by atoms with Crippen LogP contribution in [0, 0.1) is 12.3 Å². The third-order valence-electron chi connectivity index (χ3n) is 2.50. The normalized spacial score (nSPS) is 8.85. The van der Waals surface area contributed by atoms with Crippen LogP contribution in [0.4, 0.5) is 5.69 Å². The predicted molar refractivity (Wildman–Crippen MR) is 77.4 cm³/mol. The molecule has 0 saturated heterocycles. The molecule has 2 N–H and O–H groups in total. The first kappa shape index (κ1) is 15.2. The number of benzene rings is 2. The van der Waals surface area contributed by atoms with Crippen LogP contribution >= 0.6 is 0 Å². The third-order valence-corrected chi connectivity index (χ3v) is 2.50. The van der Waals surface area contributed by atoms with Crippen molar-refractivity contribution in [3.8, 4) is 5.75 Å². The minimum Gasteiger partial charge on any atom is -0.489 e. The van der Waals surface area contributed by atoms with Crippen LogP contribution in [0.15, 0.2) is 48.5 Å². The van der Waals surface area contributed by atoms with Crippen molar-refractivity contribution in [2.75, 3.05) is 7.11 Å². The number of nitrogens with zero attached hydrogens (tertiary/aromatic N) is 2. The van der Waals surface area contributed by atoms with E-state index in [0.29, 0.717) is 17.0 Å². The molecule has 20 heavy (non-hydrogen) atoms. The summed E-state index contributed by atoms with van der Waals surface area (Å²) in [7, 11) is 1.55. The Morgan fingerprint density at radius 2 is 1.85 bits per heavy atom. The van der Waals surface area contributed by atoms with Gasteiger partial charge in [-0.1, -0.05) is 24.3 Å².